The molecule has 2 fully saturated rings. The monoisotopic (exact) mass is 484 g/mol. The molecule has 0 aliphatic carbocycles. The number of primary amides is 1. The molecule has 0 aromatic heterocycles. The quantitative estimate of drug-likeness (QED) is 0.658. The van der Waals surface area contributed by atoms with Gasteiger partial charge in [-0.15, -0.1) is 0 Å². The van der Waals surface area contributed by atoms with E-state index in [9.17, 15) is 14.4 Å². The van der Waals surface area contributed by atoms with Gasteiger partial charge in [-0.05, 0) is 55.3 Å². The molecule has 0 spiro atoms. The lowest BCUT2D eigenvalue weighted by Crippen LogP contribution is -2.39. The van der Waals surface area contributed by atoms with Gasteiger partial charge in [-0.1, -0.05) is 34.1 Å². The molecular weight excluding hydrogens is 460 g/mol. The van der Waals surface area contributed by atoms with Crippen molar-refractivity contribution in [2.24, 2.45) is 11.7 Å². The predicted molar refractivity (Wildman–Crippen MR) is 122 cm³/mol. The lowest BCUT2D eigenvalue weighted by molar-refractivity contribution is -0.122. The van der Waals surface area contributed by atoms with Crippen LogP contribution in [0.3, 0.4) is 0 Å². The van der Waals surface area contributed by atoms with Crippen molar-refractivity contribution >= 4 is 45.0 Å². The van der Waals surface area contributed by atoms with Crippen LogP contribution >= 0.6 is 15.9 Å². The van der Waals surface area contributed by atoms with Gasteiger partial charge in [0.15, 0.2) is 0 Å². The number of hydrogen-bond donors (Lipinski definition) is 2. The normalized spacial score (nSPS) is 21.5. The first-order valence-electron chi connectivity index (χ1n) is 10.4. The van der Waals surface area contributed by atoms with E-state index in [-0.39, 0.29) is 30.2 Å². The molecule has 2 aliphatic rings. The summed E-state index contributed by atoms with van der Waals surface area (Å²) in [5.41, 5.74) is 7.98. The topological polar surface area (TPSA) is 95.7 Å². The van der Waals surface area contributed by atoms with Crippen LogP contribution in [-0.4, -0.2) is 41.8 Å². The summed E-state index contributed by atoms with van der Waals surface area (Å²) in [6.45, 7) is 1.80. The van der Waals surface area contributed by atoms with Gasteiger partial charge in [-0.3, -0.25) is 19.3 Å². The van der Waals surface area contributed by atoms with Crippen LogP contribution < -0.4 is 16.0 Å². The highest BCUT2D eigenvalue weighted by atomic mass is 79.9. The number of carbonyl (C=O) groups is 3. The Kier molecular flexibility index (Phi) is 6.38. The van der Waals surface area contributed by atoms with Gasteiger partial charge in [0.05, 0.1) is 12.0 Å². The van der Waals surface area contributed by atoms with E-state index in [1.807, 2.05) is 48.5 Å². The Morgan fingerprint density at radius 3 is 2.74 bits per heavy atom. The van der Waals surface area contributed by atoms with Gasteiger partial charge in [-0.25, -0.2) is 0 Å². The third-order valence-electron chi connectivity index (χ3n) is 5.89. The first kappa shape index (κ1) is 21.5. The molecule has 2 saturated heterocycles. The van der Waals surface area contributed by atoms with Crippen molar-refractivity contribution < 1.29 is 14.4 Å². The fourth-order valence-corrected chi connectivity index (χ4v) is 4.73. The van der Waals surface area contributed by atoms with Crippen LogP contribution in [0.15, 0.2) is 53.0 Å². The molecule has 7 nitrogen and oxygen atoms in total. The minimum absolute atomic E-state index is 0.0569. The number of amides is 3. The smallest absolute Gasteiger partial charge is 0.234 e. The third-order valence-corrected chi connectivity index (χ3v) is 6.38. The summed E-state index contributed by atoms with van der Waals surface area (Å²) in [6, 6.07) is 14.9. The van der Waals surface area contributed by atoms with Gasteiger partial charge in [0.25, 0.3) is 0 Å². The Hall–Kier alpha value is -2.71. The Morgan fingerprint density at radius 2 is 1.97 bits per heavy atom. The molecule has 3 N–H and O–H groups in total. The Labute approximate surface area is 189 Å². The molecule has 2 atom stereocenters. The zero-order valence-corrected chi connectivity index (χ0v) is 18.7. The average molecular weight is 485 g/mol. The van der Waals surface area contributed by atoms with Gasteiger partial charge in [0.1, 0.15) is 0 Å². The van der Waals surface area contributed by atoms with Crippen LogP contribution in [-0.2, 0) is 20.9 Å². The summed E-state index contributed by atoms with van der Waals surface area (Å²) in [7, 11) is 0. The second kappa shape index (κ2) is 9.20. The van der Waals surface area contributed by atoms with Crippen LogP contribution in [0.25, 0.3) is 0 Å². The van der Waals surface area contributed by atoms with Crippen molar-refractivity contribution in [3.8, 4) is 0 Å². The molecule has 0 saturated carbocycles. The maximum Gasteiger partial charge on any atom is 0.234 e. The summed E-state index contributed by atoms with van der Waals surface area (Å²) >= 11 is 3.42. The summed E-state index contributed by atoms with van der Waals surface area (Å²) < 4.78 is 0.888. The molecule has 3 amide bonds. The second-order valence-electron chi connectivity index (χ2n) is 8.11. The number of hydrogen-bond acceptors (Lipinski definition) is 4. The van der Waals surface area contributed by atoms with Crippen molar-refractivity contribution in [3.05, 3.63) is 58.6 Å². The Morgan fingerprint density at radius 1 is 1.16 bits per heavy atom. The molecule has 2 aromatic rings. The van der Waals surface area contributed by atoms with E-state index >= 15 is 0 Å². The zero-order chi connectivity index (χ0) is 22.0. The molecule has 0 radical (unpaired) electrons. The average Bonchev–Trinajstić information content (AvgIpc) is 3.35. The fourth-order valence-electron chi connectivity index (χ4n) is 4.34. The molecule has 2 unspecified atom stereocenters. The lowest BCUT2D eigenvalue weighted by atomic mass is 10.1. The van der Waals surface area contributed by atoms with Gasteiger partial charge >= 0.3 is 0 Å². The number of anilines is 2. The number of halogens is 1. The van der Waals surface area contributed by atoms with E-state index in [0.717, 1.165) is 35.1 Å². The van der Waals surface area contributed by atoms with E-state index in [0.29, 0.717) is 18.8 Å². The molecule has 8 heteroatoms. The highest BCUT2D eigenvalue weighted by Crippen LogP contribution is 2.28. The highest BCUT2D eigenvalue weighted by Gasteiger charge is 2.35. The number of nitrogens with zero attached hydrogens (tertiary/aromatic N) is 2. The lowest BCUT2D eigenvalue weighted by Gasteiger charge is -2.22. The number of rotatable bonds is 6. The zero-order valence-electron chi connectivity index (χ0n) is 17.1. The fraction of sp³-hybridized carbons (Fsp3) is 0.348. The van der Waals surface area contributed by atoms with Crippen molar-refractivity contribution in [1.82, 2.24) is 4.90 Å². The molecule has 162 valence electrons. The second-order valence-corrected chi connectivity index (χ2v) is 9.02. The van der Waals surface area contributed by atoms with E-state index in [1.165, 1.54) is 0 Å². The Balaban J connectivity index is 1.39. The number of nitrogens with two attached hydrogens (primary N) is 1. The molecule has 2 aliphatic heterocycles. The Bertz CT molecular complexity index is 1010. The van der Waals surface area contributed by atoms with E-state index in [1.54, 1.807) is 4.90 Å². The van der Waals surface area contributed by atoms with Crippen molar-refractivity contribution in [2.45, 2.75) is 31.8 Å². The standard InChI is InChI=1S/C23H25BrN4O3/c24-17-5-2-7-19(12-17)28-14-16(11-21(28)29)23(31)26-18-6-1-4-15(10-18)13-27-9-3-8-20(27)22(25)30/h1-2,4-7,10,12,16,20H,3,8-9,11,13-14H2,(H2,25,30)(H,26,31). The van der Waals surface area contributed by atoms with Gasteiger partial charge in [0.2, 0.25) is 17.7 Å². The van der Waals surface area contributed by atoms with Gasteiger partial charge in [0, 0.05) is 35.4 Å². The number of benzene rings is 2. The molecule has 2 heterocycles. The van der Waals surface area contributed by atoms with Crippen molar-refractivity contribution in [1.29, 1.82) is 0 Å². The van der Waals surface area contributed by atoms with Crippen LogP contribution in [0, 0.1) is 5.92 Å². The maximum absolute atomic E-state index is 12.8. The van der Waals surface area contributed by atoms with Crippen LogP contribution in [0.4, 0.5) is 11.4 Å². The van der Waals surface area contributed by atoms with Crippen molar-refractivity contribution in [2.75, 3.05) is 23.3 Å². The van der Waals surface area contributed by atoms with Crippen LogP contribution in [0.5, 0.6) is 0 Å². The van der Waals surface area contributed by atoms with Gasteiger partial charge < -0.3 is 16.0 Å². The van der Waals surface area contributed by atoms with Crippen LogP contribution in [0.2, 0.25) is 0 Å². The highest BCUT2D eigenvalue weighted by molar-refractivity contribution is 9.10. The summed E-state index contributed by atoms with van der Waals surface area (Å²) in [4.78, 5) is 40.7. The molecule has 0 bridgehead atoms. The summed E-state index contributed by atoms with van der Waals surface area (Å²) in [6.07, 6.45) is 1.93. The summed E-state index contributed by atoms with van der Waals surface area (Å²) in [5, 5.41) is 2.95. The van der Waals surface area contributed by atoms with Crippen molar-refractivity contribution in [3.63, 3.8) is 0 Å². The van der Waals surface area contributed by atoms with E-state index in [4.69, 9.17) is 5.73 Å². The minimum atomic E-state index is -0.409. The largest absolute Gasteiger partial charge is 0.368 e. The predicted octanol–water partition coefficient (Wildman–Crippen LogP) is 2.89. The van der Waals surface area contributed by atoms with E-state index in [2.05, 4.69) is 26.1 Å². The number of nitrogens with one attached hydrogen (secondary N) is 1. The number of likely N-dealkylation sites (tertiary alicyclic amines) is 1. The SMILES string of the molecule is NC(=O)C1CCCN1Cc1cccc(NC(=O)C2CC(=O)N(c3cccc(Br)c3)C2)c1. The molecule has 2 aromatic carbocycles. The first-order valence-corrected chi connectivity index (χ1v) is 11.2. The molecular formula is C23H25BrN4O3. The maximum atomic E-state index is 12.8. The summed E-state index contributed by atoms with van der Waals surface area (Å²) in [5.74, 6) is -0.923. The molecule has 31 heavy (non-hydrogen) atoms. The first-order chi connectivity index (χ1) is 14.9. The van der Waals surface area contributed by atoms with Crippen LogP contribution in [0.1, 0.15) is 24.8 Å². The van der Waals surface area contributed by atoms with E-state index < -0.39 is 5.92 Å². The minimum Gasteiger partial charge on any atom is -0.368 e. The molecule has 4 rings (SSSR count). The van der Waals surface area contributed by atoms with Gasteiger partial charge in [-0.2, -0.15) is 0 Å². The number of carbonyl (C=O) groups excluding carboxylic acids is 3. The third kappa shape index (κ3) is 4.97.